The molecule has 86 valence electrons. The number of nitrogens with zero attached hydrogens (tertiary/aromatic N) is 1. The summed E-state index contributed by atoms with van der Waals surface area (Å²) in [6.07, 6.45) is 0.987. The number of hydrogen-bond acceptors (Lipinski definition) is 1. The predicted octanol–water partition coefficient (Wildman–Crippen LogP) is 2.62. The third-order valence-electron chi connectivity index (χ3n) is 2.73. The largest absolute Gasteiger partial charge is 0.309 e. The minimum absolute atomic E-state index is 0.0754. The van der Waals surface area contributed by atoms with Crippen LogP contribution < -0.4 is 4.90 Å². The molecule has 5 heteroatoms. The van der Waals surface area contributed by atoms with Gasteiger partial charge in [0.1, 0.15) is 0 Å². The minimum atomic E-state index is -1.51. The van der Waals surface area contributed by atoms with Crippen molar-refractivity contribution in [1.29, 1.82) is 0 Å². The van der Waals surface area contributed by atoms with Crippen LogP contribution in [-0.4, -0.2) is 11.9 Å². The third kappa shape index (κ3) is 1.66. The van der Waals surface area contributed by atoms with Gasteiger partial charge in [-0.15, -0.1) is 0 Å². The number of halogens is 3. The molecule has 0 aliphatic carbocycles. The zero-order chi connectivity index (χ0) is 11.9. The average molecular weight is 229 g/mol. The smallest absolute Gasteiger partial charge is 0.227 e. The Morgan fingerprint density at radius 1 is 1.25 bits per heavy atom. The molecule has 1 aliphatic heterocycles. The van der Waals surface area contributed by atoms with E-state index in [1.165, 1.54) is 4.90 Å². The molecule has 0 bridgehead atoms. The molecule has 1 aromatic carbocycles. The van der Waals surface area contributed by atoms with E-state index < -0.39 is 17.5 Å². The van der Waals surface area contributed by atoms with E-state index >= 15 is 0 Å². The van der Waals surface area contributed by atoms with Crippen molar-refractivity contribution in [3.8, 4) is 0 Å². The SMILES string of the molecule is CC1CCC(=O)N1c1cc(F)c(F)c(F)c1. The van der Waals surface area contributed by atoms with E-state index in [4.69, 9.17) is 0 Å². The Kier molecular flexibility index (Phi) is 2.61. The summed E-state index contributed by atoms with van der Waals surface area (Å²) in [6.45, 7) is 1.78. The Hall–Kier alpha value is -1.52. The van der Waals surface area contributed by atoms with Gasteiger partial charge in [-0.1, -0.05) is 0 Å². The molecule has 1 aromatic rings. The van der Waals surface area contributed by atoms with E-state index in [9.17, 15) is 18.0 Å². The zero-order valence-electron chi connectivity index (χ0n) is 8.64. The topological polar surface area (TPSA) is 20.3 Å². The summed E-state index contributed by atoms with van der Waals surface area (Å²) in [5.74, 6) is -4.26. The highest BCUT2D eigenvalue weighted by atomic mass is 19.2. The van der Waals surface area contributed by atoms with Crippen molar-refractivity contribution < 1.29 is 18.0 Å². The molecule has 1 fully saturated rings. The van der Waals surface area contributed by atoms with Gasteiger partial charge in [-0.05, 0) is 13.3 Å². The monoisotopic (exact) mass is 229 g/mol. The number of amides is 1. The summed E-state index contributed by atoms with van der Waals surface area (Å²) in [7, 11) is 0. The van der Waals surface area contributed by atoms with Gasteiger partial charge in [0.05, 0.1) is 0 Å². The molecule has 0 N–H and O–H groups in total. The van der Waals surface area contributed by atoms with E-state index in [0.29, 0.717) is 12.8 Å². The molecular weight excluding hydrogens is 219 g/mol. The van der Waals surface area contributed by atoms with E-state index in [1.54, 1.807) is 6.92 Å². The summed E-state index contributed by atoms with van der Waals surface area (Å²) in [5, 5.41) is 0. The Morgan fingerprint density at radius 3 is 2.25 bits per heavy atom. The highest BCUT2D eigenvalue weighted by Crippen LogP contribution is 2.28. The van der Waals surface area contributed by atoms with Crippen molar-refractivity contribution in [3.63, 3.8) is 0 Å². The first kappa shape index (κ1) is 11.0. The Balaban J connectivity index is 2.44. The Bertz CT molecular complexity index is 424. The zero-order valence-corrected chi connectivity index (χ0v) is 8.64. The normalized spacial score (nSPS) is 20.6. The first-order valence-corrected chi connectivity index (χ1v) is 4.97. The van der Waals surface area contributed by atoms with Crippen LogP contribution in [0.4, 0.5) is 18.9 Å². The van der Waals surface area contributed by atoms with Crippen LogP contribution in [0, 0.1) is 17.5 Å². The van der Waals surface area contributed by atoms with Crippen LogP contribution in [0.25, 0.3) is 0 Å². The summed E-state index contributed by atoms with van der Waals surface area (Å²) in [4.78, 5) is 12.8. The Morgan fingerprint density at radius 2 is 1.81 bits per heavy atom. The molecule has 16 heavy (non-hydrogen) atoms. The molecule has 1 amide bonds. The second-order valence-corrected chi connectivity index (χ2v) is 3.87. The number of rotatable bonds is 1. The van der Waals surface area contributed by atoms with E-state index in [-0.39, 0.29) is 17.6 Å². The fourth-order valence-electron chi connectivity index (χ4n) is 1.91. The van der Waals surface area contributed by atoms with Gasteiger partial charge in [0, 0.05) is 30.3 Å². The average Bonchev–Trinajstić information content (AvgIpc) is 2.54. The van der Waals surface area contributed by atoms with Gasteiger partial charge in [-0.25, -0.2) is 13.2 Å². The maximum atomic E-state index is 13.0. The molecule has 1 unspecified atom stereocenters. The molecule has 2 nitrogen and oxygen atoms in total. The highest BCUT2D eigenvalue weighted by Gasteiger charge is 2.30. The molecular formula is C11H10F3NO. The molecule has 0 aromatic heterocycles. The molecule has 1 aliphatic rings. The van der Waals surface area contributed by atoms with Gasteiger partial charge >= 0.3 is 0 Å². The van der Waals surface area contributed by atoms with Gasteiger partial charge < -0.3 is 4.90 Å². The van der Waals surface area contributed by atoms with Crippen LogP contribution >= 0.6 is 0 Å². The first-order valence-electron chi connectivity index (χ1n) is 4.97. The first-order chi connectivity index (χ1) is 7.50. The van der Waals surface area contributed by atoms with Crippen LogP contribution in [-0.2, 0) is 4.79 Å². The fourth-order valence-corrected chi connectivity index (χ4v) is 1.91. The van der Waals surface area contributed by atoms with E-state index in [1.807, 2.05) is 0 Å². The van der Waals surface area contributed by atoms with E-state index in [0.717, 1.165) is 12.1 Å². The van der Waals surface area contributed by atoms with Gasteiger partial charge in [-0.2, -0.15) is 0 Å². The molecule has 0 spiro atoms. The second-order valence-electron chi connectivity index (χ2n) is 3.87. The summed E-state index contributed by atoms with van der Waals surface area (Å²) in [5.41, 5.74) is 0.0754. The number of anilines is 1. The minimum Gasteiger partial charge on any atom is -0.309 e. The van der Waals surface area contributed by atoms with Crippen molar-refractivity contribution in [2.45, 2.75) is 25.8 Å². The van der Waals surface area contributed by atoms with Crippen molar-refractivity contribution in [3.05, 3.63) is 29.6 Å². The molecule has 2 rings (SSSR count). The van der Waals surface area contributed by atoms with Crippen LogP contribution in [0.2, 0.25) is 0 Å². The molecule has 0 radical (unpaired) electrons. The predicted molar refractivity (Wildman–Crippen MR) is 52.5 cm³/mol. The number of benzene rings is 1. The van der Waals surface area contributed by atoms with Gasteiger partial charge in [0.15, 0.2) is 17.5 Å². The Labute approximate surface area is 90.7 Å². The van der Waals surface area contributed by atoms with Crippen LogP contribution in [0.1, 0.15) is 19.8 Å². The maximum absolute atomic E-state index is 13.0. The lowest BCUT2D eigenvalue weighted by atomic mass is 10.2. The van der Waals surface area contributed by atoms with Crippen LogP contribution in [0.15, 0.2) is 12.1 Å². The number of carbonyl (C=O) groups excluding carboxylic acids is 1. The lowest BCUT2D eigenvalue weighted by Crippen LogP contribution is -2.30. The van der Waals surface area contributed by atoms with Crippen molar-refractivity contribution in [1.82, 2.24) is 0 Å². The molecule has 1 saturated heterocycles. The van der Waals surface area contributed by atoms with Gasteiger partial charge in [0.25, 0.3) is 0 Å². The quantitative estimate of drug-likeness (QED) is 0.678. The standard InChI is InChI=1S/C11H10F3NO/c1-6-2-3-10(16)15(6)7-4-8(12)11(14)9(13)5-7/h4-6H,2-3H2,1H3. The third-order valence-corrected chi connectivity index (χ3v) is 2.73. The van der Waals surface area contributed by atoms with Gasteiger partial charge in [-0.3, -0.25) is 4.79 Å². The van der Waals surface area contributed by atoms with Crippen molar-refractivity contribution in [2.24, 2.45) is 0 Å². The van der Waals surface area contributed by atoms with Crippen LogP contribution in [0.3, 0.4) is 0 Å². The van der Waals surface area contributed by atoms with Crippen LogP contribution in [0.5, 0.6) is 0 Å². The lowest BCUT2D eigenvalue weighted by Gasteiger charge is -2.21. The van der Waals surface area contributed by atoms with Crippen molar-refractivity contribution >= 4 is 11.6 Å². The number of hydrogen-bond donors (Lipinski definition) is 0. The lowest BCUT2D eigenvalue weighted by molar-refractivity contribution is -0.117. The fraction of sp³-hybridized carbons (Fsp3) is 0.364. The van der Waals surface area contributed by atoms with Crippen molar-refractivity contribution in [2.75, 3.05) is 4.90 Å². The molecule has 1 atom stereocenters. The summed E-state index contributed by atoms with van der Waals surface area (Å²) >= 11 is 0. The highest BCUT2D eigenvalue weighted by molar-refractivity contribution is 5.96. The maximum Gasteiger partial charge on any atom is 0.227 e. The van der Waals surface area contributed by atoms with E-state index in [2.05, 4.69) is 0 Å². The van der Waals surface area contributed by atoms with Gasteiger partial charge in [0.2, 0.25) is 5.91 Å². The number of carbonyl (C=O) groups is 1. The second kappa shape index (κ2) is 3.81. The molecule has 0 saturated carbocycles. The molecule has 1 heterocycles. The summed E-state index contributed by atoms with van der Waals surface area (Å²) in [6, 6.07) is 1.58. The summed E-state index contributed by atoms with van der Waals surface area (Å²) < 4.78 is 38.7.